The molecule has 2 rings (SSSR count). The molecule has 0 saturated carbocycles. The van der Waals surface area contributed by atoms with Gasteiger partial charge in [0, 0.05) is 11.2 Å². The fourth-order valence-electron chi connectivity index (χ4n) is 1.64. The average molecular weight is 304 g/mol. The molecule has 2 N–H and O–H groups in total. The Kier molecular flexibility index (Phi) is 4.75. The molecule has 0 atom stereocenters. The van der Waals surface area contributed by atoms with Gasteiger partial charge in [0.2, 0.25) is 0 Å². The fourth-order valence-corrected chi connectivity index (χ4v) is 1.80. The van der Waals surface area contributed by atoms with Gasteiger partial charge >= 0.3 is 0 Å². The van der Waals surface area contributed by atoms with Crippen LogP contribution in [0.15, 0.2) is 36.5 Å². The third kappa shape index (κ3) is 3.71. The van der Waals surface area contributed by atoms with Gasteiger partial charge in [-0.1, -0.05) is 17.5 Å². The first-order valence-corrected chi connectivity index (χ1v) is 6.38. The molecule has 1 heterocycles. The number of amides is 1. The number of hydrogen-bond acceptors (Lipinski definition) is 3. The molecule has 1 aromatic heterocycles. The zero-order chi connectivity index (χ0) is 15.2. The van der Waals surface area contributed by atoms with Crippen LogP contribution in [-0.4, -0.2) is 17.4 Å². The van der Waals surface area contributed by atoms with E-state index in [-0.39, 0.29) is 22.8 Å². The van der Waals surface area contributed by atoms with Crippen molar-refractivity contribution in [1.29, 1.82) is 0 Å². The number of pyridine rings is 1. The van der Waals surface area contributed by atoms with E-state index < -0.39 is 11.7 Å². The van der Waals surface area contributed by atoms with Crippen molar-refractivity contribution in [3.05, 3.63) is 52.9 Å². The lowest BCUT2D eigenvalue weighted by Crippen LogP contribution is -2.16. The molecule has 0 fully saturated rings. The predicted octanol–water partition coefficient (Wildman–Crippen LogP) is 3.17. The van der Waals surface area contributed by atoms with Gasteiger partial charge < -0.3 is 10.6 Å². The van der Waals surface area contributed by atoms with Crippen molar-refractivity contribution in [3.63, 3.8) is 0 Å². The summed E-state index contributed by atoms with van der Waals surface area (Å²) in [5, 5.41) is 5.55. The molecule has 0 spiro atoms. The van der Waals surface area contributed by atoms with E-state index in [4.69, 9.17) is 18.0 Å². The van der Waals surface area contributed by atoms with Gasteiger partial charge in [0.25, 0.3) is 5.91 Å². The standard InChI is InChI=1S/C15H11ClFN3O/c1-2-7-18-14-11(4-3-8-19-14)15(21)20-13-6-5-10(16)9-12(13)17/h1,3-6,8-9H,7H2,(H,18,19)(H,20,21). The maximum atomic E-state index is 13.7. The zero-order valence-corrected chi connectivity index (χ0v) is 11.6. The van der Waals surface area contributed by atoms with Crippen LogP contribution in [0.4, 0.5) is 15.9 Å². The molecule has 0 aliphatic carbocycles. The molecular weight excluding hydrogens is 293 g/mol. The van der Waals surface area contributed by atoms with Gasteiger partial charge in [-0.05, 0) is 30.3 Å². The molecule has 4 nitrogen and oxygen atoms in total. The average Bonchev–Trinajstić information content (AvgIpc) is 2.48. The smallest absolute Gasteiger partial charge is 0.259 e. The van der Waals surface area contributed by atoms with E-state index in [1.165, 1.54) is 18.3 Å². The molecule has 1 aromatic carbocycles. The Hall–Kier alpha value is -2.58. The maximum Gasteiger partial charge on any atom is 0.259 e. The summed E-state index contributed by atoms with van der Waals surface area (Å²) in [4.78, 5) is 16.2. The van der Waals surface area contributed by atoms with Crippen LogP contribution in [0.5, 0.6) is 0 Å². The van der Waals surface area contributed by atoms with Crippen LogP contribution in [0.2, 0.25) is 5.02 Å². The van der Waals surface area contributed by atoms with Crippen molar-refractivity contribution in [3.8, 4) is 12.3 Å². The van der Waals surface area contributed by atoms with Gasteiger partial charge in [-0.15, -0.1) is 6.42 Å². The monoisotopic (exact) mass is 303 g/mol. The minimum Gasteiger partial charge on any atom is -0.358 e. The summed E-state index contributed by atoms with van der Waals surface area (Å²) in [6.07, 6.45) is 6.68. The highest BCUT2D eigenvalue weighted by atomic mass is 35.5. The summed E-state index contributed by atoms with van der Waals surface area (Å²) in [6.45, 7) is 0.229. The molecule has 0 aliphatic rings. The lowest BCUT2D eigenvalue weighted by molar-refractivity contribution is 0.102. The number of rotatable bonds is 4. The molecule has 6 heteroatoms. The Labute approximate surface area is 126 Å². The van der Waals surface area contributed by atoms with Crippen LogP contribution in [0, 0.1) is 18.2 Å². The highest BCUT2D eigenvalue weighted by molar-refractivity contribution is 6.30. The molecule has 0 saturated heterocycles. The molecule has 0 unspecified atom stereocenters. The summed E-state index contributed by atoms with van der Waals surface area (Å²) >= 11 is 5.66. The number of terminal acetylenes is 1. The fraction of sp³-hybridized carbons (Fsp3) is 0.0667. The molecule has 0 radical (unpaired) electrons. The zero-order valence-electron chi connectivity index (χ0n) is 10.9. The number of carbonyl (C=O) groups excluding carboxylic acids is 1. The van der Waals surface area contributed by atoms with Gasteiger partial charge in [0.05, 0.1) is 17.8 Å². The van der Waals surface area contributed by atoms with Gasteiger partial charge in [0.15, 0.2) is 0 Å². The van der Waals surface area contributed by atoms with Crippen molar-refractivity contribution in [2.75, 3.05) is 17.2 Å². The van der Waals surface area contributed by atoms with Crippen LogP contribution >= 0.6 is 11.6 Å². The third-order valence-electron chi connectivity index (χ3n) is 2.59. The molecule has 1 amide bonds. The highest BCUT2D eigenvalue weighted by Gasteiger charge is 2.14. The van der Waals surface area contributed by atoms with Crippen molar-refractivity contribution in [2.24, 2.45) is 0 Å². The van der Waals surface area contributed by atoms with Crippen molar-refractivity contribution < 1.29 is 9.18 Å². The number of halogens is 2. The number of anilines is 2. The first-order valence-electron chi connectivity index (χ1n) is 6.00. The highest BCUT2D eigenvalue weighted by Crippen LogP contribution is 2.20. The second-order valence-corrected chi connectivity index (χ2v) is 4.47. The number of hydrogen-bond donors (Lipinski definition) is 2. The van der Waals surface area contributed by atoms with Crippen LogP contribution in [0.1, 0.15) is 10.4 Å². The summed E-state index contributed by atoms with van der Waals surface area (Å²) in [7, 11) is 0. The van der Waals surface area contributed by atoms with Crippen molar-refractivity contribution in [1.82, 2.24) is 4.98 Å². The summed E-state index contributed by atoms with van der Waals surface area (Å²) in [5.74, 6) is 1.62. The Morgan fingerprint density at radius 3 is 2.95 bits per heavy atom. The van der Waals surface area contributed by atoms with E-state index in [0.29, 0.717) is 5.82 Å². The molecule has 21 heavy (non-hydrogen) atoms. The molecular formula is C15H11ClFN3O. The Balaban J connectivity index is 2.22. The second kappa shape index (κ2) is 6.73. The van der Waals surface area contributed by atoms with E-state index in [2.05, 4.69) is 21.5 Å². The predicted molar refractivity (Wildman–Crippen MR) is 80.9 cm³/mol. The summed E-state index contributed by atoms with van der Waals surface area (Å²) in [5.41, 5.74) is 0.304. The topological polar surface area (TPSA) is 54.0 Å². The molecule has 2 aromatic rings. The Morgan fingerprint density at radius 1 is 1.43 bits per heavy atom. The van der Waals surface area contributed by atoms with Crippen molar-refractivity contribution >= 4 is 29.0 Å². The number of carbonyl (C=O) groups is 1. The van der Waals surface area contributed by atoms with Crippen LogP contribution in [-0.2, 0) is 0 Å². The normalized spacial score (nSPS) is 9.76. The van der Waals surface area contributed by atoms with Crippen LogP contribution in [0.25, 0.3) is 0 Å². The SMILES string of the molecule is C#CCNc1ncccc1C(=O)Nc1ccc(Cl)cc1F. The summed E-state index contributed by atoms with van der Waals surface area (Å²) < 4.78 is 13.7. The quantitative estimate of drug-likeness (QED) is 0.853. The molecule has 106 valence electrons. The first kappa shape index (κ1) is 14.8. The van der Waals surface area contributed by atoms with E-state index in [1.807, 2.05) is 0 Å². The summed E-state index contributed by atoms with van der Waals surface area (Å²) in [6, 6.07) is 7.17. The van der Waals surface area contributed by atoms with Crippen LogP contribution in [0.3, 0.4) is 0 Å². The van der Waals surface area contributed by atoms with Gasteiger partial charge in [-0.2, -0.15) is 0 Å². The number of nitrogens with one attached hydrogen (secondary N) is 2. The maximum absolute atomic E-state index is 13.7. The van der Waals surface area contributed by atoms with Gasteiger partial charge in [-0.25, -0.2) is 9.37 Å². The molecule has 0 aliphatic heterocycles. The van der Waals surface area contributed by atoms with Crippen molar-refractivity contribution in [2.45, 2.75) is 0 Å². The van der Waals surface area contributed by atoms with Gasteiger partial charge in [-0.3, -0.25) is 4.79 Å². The Bertz CT molecular complexity index is 712. The Morgan fingerprint density at radius 2 is 2.24 bits per heavy atom. The lowest BCUT2D eigenvalue weighted by Gasteiger charge is -2.10. The minimum atomic E-state index is -0.613. The van der Waals surface area contributed by atoms with E-state index in [0.717, 1.165) is 6.07 Å². The minimum absolute atomic E-state index is 0.0381. The van der Waals surface area contributed by atoms with Crippen LogP contribution < -0.4 is 10.6 Å². The third-order valence-corrected chi connectivity index (χ3v) is 2.82. The number of benzene rings is 1. The van der Waals surface area contributed by atoms with E-state index in [1.54, 1.807) is 12.1 Å². The van der Waals surface area contributed by atoms with E-state index in [9.17, 15) is 9.18 Å². The van der Waals surface area contributed by atoms with E-state index >= 15 is 0 Å². The first-order chi connectivity index (χ1) is 10.1. The lowest BCUT2D eigenvalue weighted by atomic mass is 10.2. The number of nitrogens with zero attached hydrogens (tertiary/aromatic N) is 1. The van der Waals surface area contributed by atoms with Gasteiger partial charge in [0.1, 0.15) is 11.6 Å². The second-order valence-electron chi connectivity index (χ2n) is 4.04. The largest absolute Gasteiger partial charge is 0.358 e. The molecule has 0 bridgehead atoms. The number of aromatic nitrogens is 1.